The van der Waals surface area contributed by atoms with Crippen LogP contribution >= 0.6 is 0 Å². The predicted molar refractivity (Wildman–Crippen MR) is 86.3 cm³/mol. The van der Waals surface area contributed by atoms with Crippen LogP contribution in [0.15, 0.2) is 18.3 Å². The Labute approximate surface area is 127 Å². The smallest absolute Gasteiger partial charge is 0.106 e. The molecule has 0 bridgehead atoms. The highest BCUT2D eigenvalue weighted by atomic mass is 15.1. The van der Waals surface area contributed by atoms with Crippen molar-refractivity contribution in [1.29, 1.82) is 0 Å². The van der Waals surface area contributed by atoms with Crippen LogP contribution in [0.4, 0.5) is 0 Å². The molecule has 0 fully saturated rings. The van der Waals surface area contributed by atoms with E-state index in [2.05, 4.69) is 60.7 Å². The Balaban J connectivity index is 1.98. The van der Waals surface area contributed by atoms with E-state index >= 15 is 0 Å². The maximum Gasteiger partial charge on any atom is 0.106 e. The van der Waals surface area contributed by atoms with Crippen molar-refractivity contribution in [3.8, 4) is 0 Å². The average molecular weight is 286 g/mol. The van der Waals surface area contributed by atoms with Crippen LogP contribution in [0.3, 0.4) is 0 Å². The molecule has 4 heteroatoms. The van der Waals surface area contributed by atoms with Crippen LogP contribution in [0.2, 0.25) is 0 Å². The lowest BCUT2D eigenvalue weighted by molar-refractivity contribution is 0.244. The lowest BCUT2D eigenvalue weighted by Crippen LogP contribution is -2.31. The predicted octanol–water partition coefficient (Wildman–Crippen LogP) is 3.05. The first kappa shape index (κ1) is 15.7. The van der Waals surface area contributed by atoms with Gasteiger partial charge >= 0.3 is 0 Å². The van der Waals surface area contributed by atoms with E-state index in [1.165, 1.54) is 11.3 Å². The minimum atomic E-state index is 0.431. The Morgan fingerprint density at radius 3 is 2.71 bits per heavy atom. The number of imidazole rings is 1. The van der Waals surface area contributed by atoms with Gasteiger partial charge in [0.25, 0.3) is 0 Å². The van der Waals surface area contributed by atoms with Gasteiger partial charge < -0.3 is 4.98 Å². The van der Waals surface area contributed by atoms with Gasteiger partial charge in [0, 0.05) is 43.0 Å². The fourth-order valence-electron chi connectivity index (χ4n) is 2.45. The van der Waals surface area contributed by atoms with Crippen molar-refractivity contribution >= 4 is 0 Å². The number of likely N-dealkylation sites (N-methyl/N-ethyl adjacent to an activating group) is 1. The number of pyridine rings is 1. The molecule has 114 valence electrons. The van der Waals surface area contributed by atoms with E-state index in [1.807, 2.05) is 12.3 Å². The van der Waals surface area contributed by atoms with E-state index in [-0.39, 0.29) is 0 Å². The topological polar surface area (TPSA) is 44.8 Å². The molecule has 0 saturated carbocycles. The molecule has 2 rings (SSSR count). The summed E-state index contributed by atoms with van der Waals surface area (Å²) in [6.45, 7) is 9.45. The highest BCUT2D eigenvalue weighted by Crippen LogP contribution is 2.12. The van der Waals surface area contributed by atoms with Crippen molar-refractivity contribution in [2.45, 2.75) is 53.1 Å². The summed E-state index contributed by atoms with van der Waals surface area (Å²) in [6.07, 6.45) is 3.80. The fraction of sp³-hybridized carbons (Fsp3) is 0.529. The third-order valence-corrected chi connectivity index (χ3v) is 4.00. The molecule has 21 heavy (non-hydrogen) atoms. The molecule has 0 amide bonds. The van der Waals surface area contributed by atoms with Crippen LogP contribution in [0, 0.1) is 13.8 Å². The number of nitrogens with one attached hydrogen (secondary N) is 1. The second-order valence-corrected chi connectivity index (χ2v) is 5.90. The molecule has 0 radical (unpaired) electrons. The molecular formula is C17H26N4. The van der Waals surface area contributed by atoms with Gasteiger partial charge in [-0.05, 0) is 45.5 Å². The first-order valence-corrected chi connectivity index (χ1v) is 7.65. The maximum absolute atomic E-state index is 4.66. The zero-order chi connectivity index (χ0) is 15.4. The first-order valence-electron chi connectivity index (χ1n) is 7.65. The van der Waals surface area contributed by atoms with Crippen molar-refractivity contribution in [3.05, 3.63) is 46.8 Å². The summed E-state index contributed by atoms with van der Waals surface area (Å²) >= 11 is 0. The molecule has 0 aliphatic carbocycles. The Morgan fingerprint density at radius 2 is 2.10 bits per heavy atom. The lowest BCUT2D eigenvalue weighted by atomic mass is 10.1. The van der Waals surface area contributed by atoms with Crippen molar-refractivity contribution in [2.75, 3.05) is 7.05 Å². The lowest BCUT2D eigenvalue weighted by Gasteiger charge is -2.24. The zero-order valence-electron chi connectivity index (χ0n) is 13.8. The molecule has 0 aliphatic rings. The Hall–Kier alpha value is -1.68. The third-order valence-electron chi connectivity index (χ3n) is 4.00. The monoisotopic (exact) mass is 286 g/mol. The first-order chi connectivity index (χ1) is 9.99. The summed E-state index contributed by atoms with van der Waals surface area (Å²) in [5.74, 6) is 1.07. The van der Waals surface area contributed by atoms with Gasteiger partial charge in [0.2, 0.25) is 0 Å². The molecule has 0 aliphatic heterocycles. The fourth-order valence-corrected chi connectivity index (χ4v) is 2.45. The summed E-state index contributed by atoms with van der Waals surface area (Å²) in [5, 5.41) is 0. The number of aromatic nitrogens is 3. The van der Waals surface area contributed by atoms with E-state index in [4.69, 9.17) is 0 Å². The Bertz CT molecular complexity index is 588. The van der Waals surface area contributed by atoms with Gasteiger partial charge in [-0.2, -0.15) is 0 Å². The van der Waals surface area contributed by atoms with Crippen molar-refractivity contribution < 1.29 is 0 Å². The highest BCUT2D eigenvalue weighted by Gasteiger charge is 2.14. The van der Waals surface area contributed by atoms with Crippen molar-refractivity contribution in [3.63, 3.8) is 0 Å². The van der Waals surface area contributed by atoms with Gasteiger partial charge in [-0.3, -0.25) is 9.88 Å². The van der Waals surface area contributed by atoms with Gasteiger partial charge in [-0.1, -0.05) is 6.92 Å². The van der Waals surface area contributed by atoms with Crippen LogP contribution in [0.5, 0.6) is 0 Å². The molecule has 0 unspecified atom stereocenters. The summed E-state index contributed by atoms with van der Waals surface area (Å²) < 4.78 is 0. The van der Waals surface area contributed by atoms with E-state index in [0.29, 0.717) is 6.04 Å². The molecule has 4 nitrogen and oxygen atoms in total. The molecule has 2 aromatic rings. The van der Waals surface area contributed by atoms with Crippen LogP contribution < -0.4 is 0 Å². The minimum Gasteiger partial charge on any atom is -0.346 e. The van der Waals surface area contributed by atoms with Gasteiger partial charge in [-0.25, -0.2) is 4.98 Å². The molecule has 2 heterocycles. The van der Waals surface area contributed by atoms with Gasteiger partial charge in [0.1, 0.15) is 5.82 Å². The second kappa shape index (κ2) is 6.85. The van der Waals surface area contributed by atoms with Crippen molar-refractivity contribution in [2.24, 2.45) is 0 Å². The van der Waals surface area contributed by atoms with Crippen LogP contribution in [-0.4, -0.2) is 32.9 Å². The normalized spacial score (nSPS) is 12.9. The number of hydrogen-bond donors (Lipinski definition) is 1. The van der Waals surface area contributed by atoms with E-state index in [0.717, 1.165) is 36.6 Å². The van der Waals surface area contributed by atoms with E-state index < -0.39 is 0 Å². The van der Waals surface area contributed by atoms with Gasteiger partial charge in [-0.15, -0.1) is 0 Å². The quantitative estimate of drug-likeness (QED) is 0.887. The number of aryl methyl sites for hydroxylation is 3. The Kier molecular flexibility index (Phi) is 5.12. The van der Waals surface area contributed by atoms with E-state index in [9.17, 15) is 0 Å². The zero-order valence-corrected chi connectivity index (χ0v) is 13.8. The minimum absolute atomic E-state index is 0.431. The maximum atomic E-state index is 4.66. The molecule has 1 N–H and O–H groups in total. The average Bonchev–Trinajstić information content (AvgIpc) is 2.79. The molecule has 0 saturated heterocycles. The highest BCUT2D eigenvalue weighted by molar-refractivity contribution is 5.16. The van der Waals surface area contributed by atoms with Gasteiger partial charge in [0.15, 0.2) is 0 Å². The number of rotatable bonds is 6. The van der Waals surface area contributed by atoms with Crippen LogP contribution in [0.1, 0.15) is 42.3 Å². The number of aromatic amines is 1. The second-order valence-electron chi connectivity index (χ2n) is 5.90. The third kappa shape index (κ3) is 4.14. The van der Waals surface area contributed by atoms with Crippen LogP contribution in [0.25, 0.3) is 0 Å². The molecule has 0 aromatic carbocycles. The number of nitrogens with zero attached hydrogens (tertiary/aromatic N) is 3. The van der Waals surface area contributed by atoms with Crippen molar-refractivity contribution in [1.82, 2.24) is 19.9 Å². The van der Waals surface area contributed by atoms with Crippen LogP contribution in [-0.2, 0) is 19.4 Å². The SMILES string of the molecule is CCc1nc(CN(C)[C@@H](C)Cc2cc(C)ccn2)c(C)[nH]1. The summed E-state index contributed by atoms with van der Waals surface area (Å²) in [7, 11) is 2.15. The summed E-state index contributed by atoms with van der Waals surface area (Å²) in [4.78, 5) is 14.8. The van der Waals surface area contributed by atoms with E-state index in [1.54, 1.807) is 0 Å². The molecule has 1 atom stereocenters. The van der Waals surface area contributed by atoms with Gasteiger partial charge in [0.05, 0.1) is 5.69 Å². The summed E-state index contributed by atoms with van der Waals surface area (Å²) in [6, 6.07) is 4.64. The molecule has 2 aromatic heterocycles. The molecular weight excluding hydrogens is 260 g/mol. The largest absolute Gasteiger partial charge is 0.346 e. The number of hydrogen-bond acceptors (Lipinski definition) is 3. The summed E-state index contributed by atoms with van der Waals surface area (Å²) in [5.41, 5.74) is 4.76. The standard InChI is InChI=1S/C17H26N4/c1-6-17-19-14(4)16(20-17)11-21(5)13(3)10-15-9-12(2)7-8-18-15/h7-9,13H,6,10-11H2,1-5H3,(H,19,20)/t13-/m0/s1. The molecule has 0 spiro atoms. The Morgan fingerprint density at radius 1 is 1.33 bits per heavy atom. The number of H-pyrrole nitrogens is 1.